The maximum atomic E-state index is 12.9. The number of rotatable bonds is 6. The Balaban J connectivity index is 2.45. The Kier molecular flexibility index (Phi) is 5.03. The molecule has 1 aromatic heterocycles. The lowest BCUT2D eigenvalue weighted by Crippen LogP contribution is -2.31. The Morgan fingerprint density at radius 3 is 2.59 bits per heavy atom. The van der Waals surface area contributed by atoms with Gasteiger partial charge >= 0.3 is 0 Å². The highest BCUT2D eigenvalue weighted by Crippen LogP contribution is 2.25. The van der Waals surface area contributed by atoms with Crippen LogP contribution in [0.3, 0.4) is 0 Å². The van der Waals surface area contributed by atoms with Crippen LogP contribution in [-0.2, 0) is 10.0 Å². The number of benzene rings is 1. The smallest absolute Gasteiger partial charge is 0.265 e. The Labute approximate surface area is 132 Å². The van der Waals surface area contributed by atoms with E-state index >= 15 is 0 Å². The molecule has 0 amide bonds. The quantitative estimate of drug-likeness (QED) is 0.889. The van der Waals surface area contributed by atoms with Gasteiger partial charge in [0.15, 0.2) is 0 Å². The van der Waals surface area contributed by atoms with E-state index in [1.54, 1.807) is 18.3 Å². The van der Waals surface area contributed by atoms with Gasteiger partial charge in [0.05, 0.1) is 17.6 Å². The average Bonchev–Trinajstić information content (AvgIpc) is 2.48. The van der Waals surface area contributed by atoms with Gasteiger partial charge in [0.1, 0.15) is 4.90 Å². The summed E-state index contributed by atoms with van der Waals surface area (Å²) in [7, 11) is -3.63. The molecule has 2 aromatic rings. The first-order chi connectivity index (χ1) is 10.5. The monoisotopic (exact) mass is 319 g/mol. The Morgan fingerprint density at radius 2 is 1.95 bits per heavy atom. The van der Waals surface area contributed by atoms with E-state index in [9.17, 15) is 8.42 Å². The van der Waals surface area contributed by atoms with Gasteiger partial charge in [0.2, 0.25) is 0 Å². The first-order valence-electron chi connectivity index (χ1n) is 7.27. The van der Waals surface area contributed by atoms with Crippen molar-refractivity contribution < 1.29 is 8.42 Å². The predicted molar refractivity (Wildman–Crippen MR) is 89.8 cm³/mol. The molecule has 5 nitrogen and oxygen atoms in total. The molecule has 0 aliphatic heterocycles. The highest BCUT2D eigenvalue weighted by atomic mass is 32.2. The van der Waals surface area contributed by atoms with Crippen molar-refractivity contribution in [1.29, 1.82) is 0 Å². The van der Waals surface area contributed by atoms with Crippen molar-refractivity contribution in [1.82, 2.24) is 4.98 Å². The SMILES string of the molecule is CCNc1cncc(S(=O)(=O)N(CC)c2cccc(C)c2)c1. The van der Waals surface area contributed by atoms with E-state index < -0.39 is 10.0 Å². The maximum absolute atomic E-state index is 12.9. The van der Waals surface area contributed by atoms with Crippen LogP contribution in [-0.4, -0.2) is 26.5 Å². The van der Waals surface area contributed by atoms with Crippen molar-refractivity contribution in [3.05, 3.63) is 48.3 Å². The summed E-state index contributed by atoms with van der Waals surface area (Å²) in [5.41, 5.74) is 2.38. The van der Waals surface area contributed by atoms with Crippen LogP contribution < -0.4 is 9.62 Å². The fourth-order valence-electron chi connectivity index (χ4n) is 2.26. The summed E-state index contributed by atoms with van der Waals surface area (Å²) in [6.45, 7) is 6.78. The van der Waals surface area contributed by atoms with Crippen LogP contribution in [0.1, 0.15) is 19.4 Å². The third-order valence-corrected chi connectivity index (χ3v) is 5.13. The zero-order valence-corrected chi connectivity index (χ0v) is 13.9. The topological polar surface area (TPSA) is 62.3 Å². The Morgan fingerprint density at radius 1 is 1.18 bits per heavy atom. The van der Waals surface area contributed by atoms with Crippen LogP contribution in [0.2, 0.25) is 0 Å². The van der Waals surface area contributed by atoms with Gasteiger partial charge in [-0.15, -0.1) is 0 Å². The van der Waals surface area contributed by atoms with Crippen LogP contribution in [0.25, 0.3) is 0 Å². The molecule has 0 radical (unpaired) electrons. The fraction of sp³-hybridized carbons (Fsp3) is 0.312. The van der Waals surface area contributed by atoms with Crippen molar-refractivity contribution in [2.75, 3.05) is 22.7 Å². The maximum Gasteiger partial charge on any atom is 0.265 e. The first-order valence-corrected chi connectivity index (χ1v) is 8.71. The molecule has 0 spiro atoms. The van der Waals surface area contributed by atoms with E-state index in [0.717, 1.165) is 5.56 Å². The van der Waals surface area contributed by atoms with E-state index in [-0.39, 0.29) is 4.90 Å². The number of sulfonamides is 1. The minimum absolute atomic E-state index is 0.189. The number of pyridine rings is 1. The number of hydrogen-bond acceptors (Lipinski definition) is 4. The predicted octanol–water partition coefficient (Wildman–Crippen LogP) is 3.04. The summed E-state index contributed by atoms with van der Waals surface area (Å²) in [4.78, 5) is 4.22. The third kappa shape index (κ3) is 3.39. The second-order valence-corrected chi connectivity index (χ2v) is 6.81. The van der Waals surface area contributed by atoms with Crippen molar-refractivity contribution >= 4 is 21.4 Å². The van der Waals surface area contributed by atoms with Gasteiger partial charge in [-0.05, 0) is 44.5 Å². The van der Waals surface area contributed by atoms with Gasteiger partial charge in [-0.3, -0.25) is 9.29 Å². The lowest BCUT2D eigenvalue weighted by atomic mass is 10.2. The third-order valence-electron chi connectivity index (χ3n) is 3.26. The van der Waals surface area contributed by atoms with Crippen LogP contribution in [0, 0.1) is 6.92 Å². The van der Waals surface area contributed by atoms with Gasteiger partial charge in [-0.2, -0.15) is 0 Å². The van der Waals surface area contributed by atoms with Crippen LogP contribution in [0.15, 0.2) is 47.6 Å². The number of nitrogens with zero attached hydrogens (tertiary/aromatic N) is 2. The number of nitrogens with one attached hydrogen (secondary N) is 1. The zero-order chi connectivity index (χ0) is 16.2. The molecular formula is C16H21N3O2S. The van der Waals surface area contributed by atoms with E-state index in [0.29, 0.717) is 24.5 Å². The van der Waals surface area contributed by atoms with Crippen molar-refractivity contribution in [2.24, 2.45) is 0 Å². The fourth-order valence-corrected chi connectivity index (χ4v) is 3.72. The highest BCUT2D eigenvalue weighted by Gasteiger charge is 2.24. The largest absolute Gasteiger partial charge is 0.384 e. The summed E-state index contributed by atoms with van der Waals surface area (Å²) in [6.07, 6.45) is 3.00. The van der Waals surface area contributed by atoms with E-state index in [4.69, 9.17) is 0 Å². The van der Waals surface area contributed by atoms with Gasteiger partial charge in [0.25, 0.3) is 10.0 Å². The number of aryl methyl sites for hydroxylation is 1. The minimum Gasteiger partial charge on any atom is -0.384 e. The Hall–Kier alpha value is -2.08. The standard InChI is InChI=1S/C16H21N3O2S/c1-4-18-14-10-16(12-17-11-14)22(20,21)19(5-2)15-8-6-7-13(3)9-15/h6-12,18H,4-5H2,1-3H3. The molecule has 22 heavy (non-hydrogen) atoms. The summed E-state index contributed by atoms with van der Waals surface area (Å²) < 4.78 is 27.2. The molecule has 118 valence electrons. The molecule has 0 fully saturated rings. The molecule has 0 unspecified atom stereocenters. The summed E-state index contributed by atoms with van der Waals surface area (Å²) in [6, 6.07) is 9.08. The summed E-state index contributed by atoms with van der Waals surface area (Å²) >= 11 is 0. The Bertz CT molecular complexity index is 745. The minimum atomic E-state index is -3.63. The van der Waals surface area contributed by atoms with Gasteiger partial charge in [-0.1, -0.05) is 12.1 Å². The number of aromatic nitrogens is 1. The zero-order valence-electron chi connectivity index (χ0n) is 13.1. The molecule has 1 heterocycles. The van der Waals surface area contributed by atoms with Gasteiger partial charge in [-0.25, -0.2) is 8.42 Å². The molecule has 0 aliphatic carbocycles. The van der Waals surface area contributed by atoms with Crippen LogP contribution in [0.5, 0.6) is 0 Å². The van der Waals surface area contributed by atoms with Crippen molar-refractivity contribution in [3.63, 3.8) is 0 Å². The molecule has 0 bridgehead atoms. The average molecular weight is 319 g/mol. The second-order valence-electron chi connectivity index (χ2n) is 4.95. The number of hydrogen-bond donors (Lipinski definition) is 1. The molecular weight excluding hydrogens is 298 g/mol. The van der Waals surface area contributed by atoms with Gasteiger partial charge < -0.3 is 5.32 Å². The first kappa shape index (κ1) is 16.3. The van der Waals surface area contributed by atoms with Crippen molar-refractivity contribution in [2.45, 2.75) is 25.7 Å². The number of anilines is 2. The molecule has 1 aromatic carbocycles. The second kappa shape index (κ2) is 6.79. The molecule has 6 heteroatoms. The molecule has 0 saturated carbocycles. The van der Waals surface area contributed by atoms with E-state index in [1.807, 2.05) is 39.0 Å². The molecule has 0 atom stereocenters. The summed E-state index contributed by atoms with van der Waals surface area (Å²) in [5, 5.41) is 3.08. The highest BCUT2D eigenvalue weighted by molar-refractivity contribution is 7.92. The van der Waals surface area contributed by atoms with Crippen LogP contribution in [0.4, 0.5) is 11.4 Å². The molecule has 2 rings (SSSR count). The van der Waals surface area contributed by atoms with Crippen LogP contribution >= 0.6 is 0 Å². The van der Waals surface area contributed by atoms with Crippen molar-refractivity contribution in [3.8, 4) is 0 Å². The molecule has 0 aliphatic rings. The van der Waals surface area contributed by atoms with E-state index in [1.165, 1.54) is 10.5 Å². The van der Waals surface area contributed by atoms with E-state index in [2.05, 4.69) is 10.3 Å². The lowest BCUT2D eigenvalue weighted by molar-refractivity contribution is 0.591. The molecule has 1 N–H and O–H groups in total. The summed E-state index contributed by atoms with van der Waals surface area (Å²) in [5.74, 6) is 0. The molecule has 0 saturated heterocycles. The lowest BCUT2D eigenvalue weighted by Gasteiger charge is -2.23. The normalized spacial score (nSPS) is 11.2. The van der Waals surface area contributed by atoms with Gasteiger partial charge in [0, 0.05) is 19.3 Å².